The number of rotatable bonds is 4. The van der Waals surface area contributed by atoms with E-state index >= 15 is 0 Å². The van der Waals surface area contributed by atoms with Crippen LogP contribution < -0.4 is 5.32 Å². The molecule has 3 aromatic rings. The van der Waals surface area contributed by atoms with Gasteiger partial charge in [-0.3, -0.25) is 10.1 Å². The van der Waals surface area contributed by atoms with E-state index in [-0.39, 0.29) is 42.9 Å². The molecule has 11 heteroatoms. The van der Waals surface area contributed by atoms with E-state index in [0.717, 1.165) is 16.8 Å². The predicted molar refractivity (Wildman–Crippen MR) is 123 cm³/mol. The van der Waals surface area contributed by atoms with Crippen molar-refractivity contribution in [3.63, 3.8) is 0 Å². The monoisotopic (exact) mass is 471 g/mol. The summed E-state index contributed by atoms with van der Waals surface area (Å²) >= 11 is 0. The molecular weight excluding hydrogens is 446 g/mol. The minimum Gasteiger partial charge on any atom is -0.465 e. The molecule has 1 aliphatic carbocycles. The third kappa shape index (κ3) is 6.07. The highest BCUT2D eigenvalue weighted by molar-refractivity contribution is 7.91. The summed E-state index contributed by atoms with van der Waals surface area (Å²) in [6.45, 7) is 0.473. The molecule has 0 spiro atoms. The summed E-state index contributed by atoms with van der Waals surface area (Å²) < 4.78 is 24.6. The van der Waals surface area contributed by atoms with Crippen LogP contribution in [-0.2, 0) is 21.1 Å². The molecule has 1 saturated heterocycles. The number of benzene rings is 1. The molecule has 2 fully saturated rings. The molecule has 0 unspecified atom stereocenters. The standard InChI is InChI=1S/C19H19N5O5S.C3H6/c25-17(23-8-10-30(28,29)11-9-23)12-13-4-6-14(7-5-13)15-2-1-3-16-20-18(21-19(26)27)22-24(15)16;1-2-3-1/h1-7H,8-12H2,(H,21,22)(H,26,27);1-3H2. The molecule has 174 valence electrons. The second-order valence-electron chi connectivity index (χ2n) is 8.01. The number of anilines is 1. The van der Waals surface area contributed by atoms with Gasteiger partial charge in [0.15, 0.2) is 15.5 Å². The van der Waals surface area contributed by atoms with Crippen LogP contribution in [0.25, 0.3) is 16.9 Å². The van der Waals surface area contributed by atoms with Gasteiger partial charge in [-0.1, -0.05) is 49.6 Å². The molecule has 2 aromatic heterocycles. The SMILES string of the molecule is C1CC1.O=C(O)Nc1nc2cccc(-c3ccc(CC(=O)N4CCS(=O)(=O)CC4)cc3)n2n1. The van der Waals surface area contributed by atoms with Crippen molar-refractivity contribution in [1.29, 1.82) is 0 Å². The van der Waals surface area contributed by atoms with E-state index in [9.17, 15) is 18.0 Å². The number of hydrogen-bond donors (Lipinski definition) is 2. The Morgan fingerprint density at radius 3 is 2.27 bits per heavy atom. The highest BCUT2D eigenvalue weighted by atomic mass is 32.2. The lowest BCUT2D eigenvalue weighted by Gasteiger charge is -2.26. The van der Waals surface area contributed by atoms with Crippen LogP contribution >= 0.6 is 0 Å². The molecule has 5 rings (SSSR count). The van der Waals surface area contributed by atoms with Crippen LogP contribution in [0.3, 0.4) is 0 Å². The second-order valence-corrected chi connectivity index (χ2v) is 10.3. The molecule has 10 nitrogen and oxygen atoms in total. The van der Waals surface area contributed by atoms with E-state index in [1.54, 1.807) is 21.5 Å². The van der Waals surface area contributed by atoms with Gasteiger partial charge in [-0.05, 0) is 17.7 Å². The maximum absolute atomic E-state index is 12.5. The fraction of sp³-hybridized carbons (Fsp3) is 0.364. The number of pyridine rings is 1. The van der Waals surface area contributed by atoms with Crippen molar-refractivity contribution in [3.8, 4) is 11.3 Å². The minimum atomic E-state index is -3.03. The Kier molecular flexibility index (Phi) is 6.59. The Bertz CT molecular complexity index is 1250. The molecule has 0 atom stereocenters. The van der Waals surface area contributed by atoms with Crippen molar-refractivity contribution >= 4 is 33.4 Å². The molecule has 0 bridgehead atoms. The molecule has 1 aliphatic heterocycles. The van der Waals surface area contributed by atoms with E-state index < -0.39 is 15.9 Å². The number of carbonyl (C=O) groups excluding carboxylic acids is 1. The number of carbonyl (C=O) groups is 2. The van der Waals surface area contributed by atoms with Crippen LogP contribution in [0, 0.1) is 0 Å². The number of nitrogens with zero attached hydrogens (tertiary/aromatic N) is 4. The predicted octanol–water partition coefficient (Wildman–Crippen LogP) is 2.46. The highest BCUT2D eigenvalue weighted by Crippen LogP contribution is 2.22. The van der Waals surface area contributed by atoms with Crippen LogP contribution in [0.5, 0.6) is 0 Å². The highest BCUT2D eigenvalue weighted by Gasteiger charge is 2.24. The number of sulfone groups is 1. The molecule has 1 aromatic carbocycles. The first-order valence-corrected chi connectivity index (χ1v) is 12.6. The molecular formula is C22H25N5O5S. The summed E-state index contributed by atoms with van der Waals surface area (Å²) in [6.07, 6.45) is 3.45. The number of carboxylic acid groups (broad SMARTS) is 1. The maximum Gasteiger partial charge on any atom is 0.411 e. The third-order valence-electron chi connectivity index (χ3n) is 5.23. The van der Waals surface area contributed by atoms with Crippen molar-refractivity contribution in [1.82, 2.24) is 19.5 Å². The largest absolute Gasteiger partial charge is 0.465 e. The first-order valence-electron chi connectivity index (χ1n) is 10.7. The first-order chi connectivity index (χ1) is 15.8. The lowest BCUT2D eigenvalue weighted by Crippen LogP contribution is -2.44. The Morgan fingerprint density at radius 1 is 1.00 bits per heavy atom. The number of hydrogen-bond acceptors (Lipinski definition) is 6. The topological polar surface area (TPSA) is 134 Å². The summed E-state index contributed by atoms with van der Waals surface area (Å²) in [5, 5.41) is 15.1. The number of fused-ring (bicyclic) bond motifs is 1. The number of nitrogens with one attached hydrogen (secondary N) is 1. The van der Waals surface area contributed by atoms with E-state index in [1.165, 1.54) is 19.3 Å². The fourth-order valence-corrected chi connectivity index (χ4v) is 4.52. The van der Waals surface area contributed by atoms with Crippen LogP contribution in [0.2, 0.25) is 0 Å². The van der Waals surface area contributed by atoms with Gasteiger partial charge in [-0.25, -0.2) is 17.7 Å². The van der Waals surface area contributed by atoms with E-state index in [4.69, 9.17) is 5.11 Å². The summed E-state index contributed by atoms with van der Waals surface area (Å²) in [6, 6.07) is 12.7. The van der Waals surface area contributed by atoms with E-state index in [0.29, 0.717) is 5.65 Å². The summed E-state index contributed by atoms with van der Waals surface area (Å²) in [5.74, 6) is -0.0856. The lowest BCUT2D eigenvalue weighted by molar-refractivity contribution is -0.130. The second kappa shape index (κ2) is 9.57. The summed E-state index contributed by atoms with van der Waals surface area (Å²) in [7, 11) is -3.03. The average molecular weight is 472 g/mol. The first kappa shape index (κ1) is 22.7. The van der Waals surface area contributed by atoms with Crippen molar-refractivity contribution in [2.45, 2.75) is 25.7 Å². The van der Waals surface area contributed by atoms with Gasteiger partial charge in [0.2, 0.25) is 5.91 Å². The van der Waals surface area contributed by atoms with Gasteiger partial charge in [0, 0.05) is 18.7 Å². The van der Waals surface area contributed by atoms with Crippen molar-refractivity contribution < 1.29 is 23.1 Å². The van der Waals surface area contributed by atoms with Gasteiger partial charge < -0.3 is 10.0 Å². The summed E-state index contributed by atoms with van der Waals surface area (Å²) in [4.78, 5) is 29.0. The Hall–Kier alpha value is -3.47. The number of amides is 2. The van der Waals surface area contributed by atoms with Gasteiger partial charge in [-0.2, -0.15) is 4.98 Å². The zero-order chi connectivity index (χ0) is 23.4. The molecule has 0 radical (unpaired) electrons. The zero-order valence-electron chi connectivity index (χ0n) is 18.0. The van der Waals surface area contributed by atoms with Crippen LogP contribution in [0.1, 0.15) is 24.8 Å². The molecule has 2 aliphatic rings. The maximum atomic E-state index is 12.5. The van der Waals surface area contributed by atoms with Crippen molar-refractivity contribution in [2.24, 2.45) is 0 Å². The van der Waals surface area contributed by atoms with Gasteiger partial charge in [0.25, 0.3) is 5.95 Å². The zero-order valence-corrected chi connectivity index (χ0v) is 18.8. The molecule has 3 heterocycles. The Labute approximate surface area is 191 Å². The van der Waals surface area contributed by atoms with Gasteiger partial charge >= 0.3 is 6.09 Å². The van der Waals surface area contributed by atoms with Gasteiger partial charge in [0.05, 0.1) is 23.6 Å². The van der Waals surface area contributed by atoms with Crippen LogP contribution in [0.4, 0.5) is 10.7 Å². The Balaban J connectivity index is 0.000000799. The average Bonchev–Trinajstić information content (AvgIpc) is 3.60. The quantitative estimate of drug-likeness (QED) is 0.597. The third-order valence-corrected chi connectivity index (χ3v) is 6.84. The molecule has 1 saturated carbocycles. The van der Waals surface area contributed by atoms with Crippen molar-refractivity contribution in [3.05, 3.63) is 48.0 Å². The normalized spacial score (nSPS) is 16.5. The van der Waals surface area contributed by atoms with E-state index in [2.05, 4.69) is 15.4 Å². The lowest BCUT2D eigenvalue weighted by atomic mass is 10.1. The van der Waals surface area contributed by atoms with Crippen LogP contribution in [-0.4, -0.2) is 69.6 Å². The van der Waals surface area contributed by atoms with Crippen LogP contribution in [0.15, 0.2) is 42.5 Å². The summed E-state index contributed by atoms with van der Waals surface area (Å²) in [5.41, 5.74) is 2.86. The molecule has 2 N–H and O–H groups in total. The smallest absolute Gasteiger partial charge is 0.411 e. The Morgan fingerprint density at radius 2 is 1.67 bits per heavy atom. The number of aromatic nitrogens is 3. The fourth-order valence-electron chi connectivity index (χ4n) is 3.31. The molecule has 2 amide bonds. The van der Waals surface area contributed by atoms with E-state index in [1.807, 2.05) is 30.3 Å². The van der Waals surface area contributed by atoms with Gasteiger partial charge in [0.1, 0.15) is 0 Å². The molecule has 33 heavy (non-hydrogen) atoms. The van der Waals surface area contributed by atoms with Crippen molar-refractivity contribution in [2.75, 3.05) is 29.9 Å². The van der Waals surface area contributed by atoms with Gasteiger partial charge in [-0.15, -0.1) is 5.10 Å². The minimum absolute atomic E-state index is 0.0122.